The van der Waals surface area contributed by atoms with Crippen molar-refractivity contribution < 1.29 is 38.4 Å². The molecule has 8 heteroatoms. The minimum Gasteiger partial charge on any atom is -0.463 e. The van der Waals surface area contributed by atoms with Crippen LogP contribution < -0.4 is 0 Å². The molecule has 36 heavy (non-hydrogen) atoms. The number of ether oxygens (including phenoxy) is 2. The molecule has 2 aliphatic rings. The number of rotatable bonds is 14. The summed E-state index contributed by atoms with van der Waals surface area (Å²) in [7, 11) is 0. The van der Waals surface area contributed by atoms with Gasteiger partial charge in [0.2, 0.25) is 0 Å². The van der Waals surface area contributed by atoms with Crippen LogP contribution in [0, 0.1) is 11.8 Å². The summed E-state index contributed by atoms with van der Waals surface area (Å²) in [6.45, 7) is 2.92. The van der Waals surface area contributed by atoms with Crippen LogP contribution in [0.2, 0.25) is 0 Å². The van der Waals surface area contributed by atoms with Crippen molar-refractivity contribution in [1.82, 2.24) is 0 Å². The van der Waals surface area contributed by atoms with Crippen LogP contribution in [0.4, 0.5) is 0 Å². The topological polar surface area (TPSA) is 105 Å². The first-order valence-corrected chi connectivity index (χ1v) is 14.1. The van der Waals surface area contributed by atoms with Crippen LogP contribution in [-0.4, -0.2) is 36.1 Å². The molecule has 0 amide bonds. The summed E-state index contributed by atoms with van der Waals surface area (Å²) in [5, 5.41) is 0. The van der Waals surface area contributed by atoms with Crippen molar-refractivity contribution in [2.24, 2.45) is 11.8 Å². The zero-order valence-corrected chi connectivity index (χ0v) is 22.3. The lowest BCUT2D eigenvalue weighted by Gasteiger charge is -2.28. The molecule has 8 nitrogen and oxygen atoms in total. The van der Waals surface area contributed by atoms with Crippen LogP contribution in [-0.2, 0) is 38.4 Å². The standard InChI is InChI=1S/C28H46O8/c1-21(29)33-25-17-13-23(14-18-25)9-5-3-7-11-27(31)35-36-28(32)12-8-4-6-10-24-15-19-26(20-16-24)34-22(2)30/h23-26H,3-20H2,1-2H3. The Bertz CT molecular complexity index is 617. The van der Waals surface area contributed by atoms with Crippen molar-refractivity contribution in [2.45, 2.75) is 142 Å². The Morgan fingerprint density at radius 1 is 0.528 bits per heavy atom. The maximum absolute atomic E-state index is 11.8. The number of hydrogen-bond acceptors (Lipinski definition) is 8. The molecule has 0 atom stereocenters. The normalized spacial score (nSPS) is 23.9. The molecule has 2 saturated carbocycles. The van der Waals surface area contributed by atoms with E-state index in [0.29, 0.717) is 11.8 Å². The van der Waals surface area contributed by atoms with Crippen LogP contribution in [0.15, 0.2) is 0 Å². The van der Waals surface area contributed by atoms with Crippen molar-refractivity contribution in [3.05, 3.63) is 0 Å². The van der Waals surface area contributed by atoms with E-state index in [1.165, 1.54) is 13.8 Å². The van der Waals surface area contributed by atoms with Gasteiger partial charge in [-0.1, -0.05) is 38.5 Å². The van der Waals surface area contributed by atoms with Crippen LogP contribution in [0.3, 0.4) is 0 Å². The fourth-order valence-electron chi connectivity index (χ4n) is 5.48. The predicted octanol–water partition coefficient (Wildman–Crippen LogP) is 6.13. The Morgan fingerprint density at radius 3 is 1.22 bits per heavy atom. The zero-order chi connectivity index (χ0) is 26.2. The predicted molar refractivity (Wildman–Crippen MR) is 133 cm³/mol. The summed E-state index contributed by atoms with van der Waals surface area (Å²) in [4.78, 5) is 55.0. The third-order valence-electron chi connectivity index (χ3n) is 7.47. The van der Waals surface area contributed by atoms with Gasteiger partial charge in [0, 0.05) is 13.8 Å². The smallest absolute Gasteiger partial charge is 0.355 e. The summed E-state index contributed by atoms with van der Waals surface area (Å²) in [5.41, 5.74) is 0. The van der Waals surface area contributed by atoms with E-state index in [1.54, 1.807) is 0 Å². The molecular formula is C28H46O8. The Hall–Kier alpha value is -2.12. The number of carbonyl (C=O) groups is 4. The van der Waals surface area contributed by atoms with Crippen molar-refractivity contribution in [1.29, 1.82) is 0 Å². The van der Waals surface area contributed by atoms with E-state index in [9.17, 15) is 19.2 Å². The first-order valence-electron chi connectivity index (χ1n) is 14.1. The molecular weight excluding hydrogens is 464 g/mol. The minimum absolute atomic E-state index is 0.0853. The van der Waals surface area contributed by atoms with Crippen molar-refractivity contribution >= 4 is 23.9 Å². The van der Waals surface area contributed by atoms with Gasteiger partial charge in [-0.15, -0.1) is 0 Å². The molecule has 0 unspecified atom stereocenters. The fourth-order valence-corrected chi connectivity index (χ4v) is 5.48. The molecule has 0 aromatic heterocycles. The lowest BCUT2D eigenvalue weighted by Crippen LogP contribution is -2.23. The summed E-state index contributed by atoms with van der Waals surface area (Å²) in [5.74, 6) is -0.0254. The van der Waals surface area contributed by atoms with Gasteiger partial charge in [0.15, 0.2) is 0 Å². The Morgan fingerprint density at radius 2 is 0.889 bits per heavy atom. The zero-order valence-electron chi connectivity index (χ0n) is 22.3. The summed E-state index contributed by atoms with van der Waals surface area (Å²) in [6.07, 6.45) is 16.6. The average molecular weight is 511 g/mol. The molecule has 2 aliphatic carbocycles. The molecule has 0 N–H and O–H groups in total. The third-order valence-corrected chi connectivity index (χ3v) is 7.47. The second kappa shape index (κ2) is 17.4. The van der Waals surface area contributed by atoms with Gasteiger partial charge < -0.3 is 9.47 Å². The van der Waals surface area contributed by atoms with Crippen LogP contribution in [0.1, 0.15) is 129 Å². The van der Waals surface area contributed by atoms with Crippen LogP contribution in [0.5, 0.6) is 0 Å². The first kappa shape index (κ1) is 30.1. The van der Waals surface area contributed by atoms with E-state index >= 15 is 0 Å². The maximum atomic E-state index is 11.8. The maximum Gasteiger partial charge on any atom is 0.355 e. The molecule has 2 rings (SSSR count). The number of esters is 2. The minimum atomic E-state index is -0.491. The SMILES string of the molecule is CC(=O)OC1CCC(CCCCCC(=O)OOC(=O)CCCCCC2CCC(OC(C)=O)CC2)CC1. The largest absolute Gasteiger partial charge is 0.463 e. The summed E-state index contributed by atoms with van der Waals surface area (Å²) < 4.78 is 10.6. The van der Waals surface area contributed by atoms with E-state index < -0.39 is 11.9 Å². The Balaban J connectivity index is 1.37. The number of carbonyl (C=O) groups excluding carboxylic acids is 4. The molecule has 0 spiro atoms. The van der Waals surface area contributed by atoms with Gasteiger partial charge in [-0.2, -0.15) is 0 Å². The molecule has 0 aromatic carbocycles. The second-order valence-electron chi connectivity index (χ2n) is 10.6. The molecule has 0 saturated heterocycles. The third kappa shape index (κ3) is 13.8. The molecule has 2 fully saturated rings. The lowest BCUT2D eigenvalue weighted by molar-refractivity contribution is -0.259. The van der Waals surface area contributed by atoms with Crippen molar-refractivity contribution in [3.8, 4) is 0 Å². The van der Waals surface area contributed by atoms with Gasteiger partial charge in [0.1, 0.15) is 12.2 Å². The van der Waals surface area contributed by atoms with Gasteiger partial charge in [-0.05, 0) is 76.0 Å². The van der Waals surface area contributed by atoms with E-state index in [-0.39, 0.29) is 37.0 Å². The molecule has 0 heterocycles. The Kier molecular flexibility index (Phi) is 14.5. The van der Waals surface area contributed by atoms with E-state index in [1.807, 2.05) is 0 Å². The first-order chi connectivity index (χ1) is 17.3. The monoisotopic (exact) mass is 510 g/mol. The van der Waals surface area contributed by atoms with Gasteiger partial charge in [0.25, 0.3) is 0 Å². The van der Waals surface area contributed by atoms with Gasteiger partial charge in [-0.3, -0.25) is 9.59 Å². The van der Waals surface area contributed by atoms with Crippen LogP contribution in [0.25, 0.3) is 0 Å². The molecule has 0 bridgehead atoms. The van der Waals surface area contributed by atoms with Crippen molar-refractivity contribution in [2.75, 3.05) is 0 Å². The number of hydrogen-bond donors (Lipinski definition) is 0. The summed E-state index contributed by atoms with van der Waals surface area (Å²) >= 11 is 0. The highest BCUT2D eigenvalue weighted by Gasteiger charge is 2.23. The lowest BCUT2D eigenvalue weighted by atomic mass is 9.84. The molecule has 0 aromatic rings. The van der Waals surface area contributed by atoms with Gasteiger partial charge >= 0.3 is 23.9 Å². The molecule has 206 valence electrons. The average Bonchev–Trinajstić information content (AvgIpc) is 2.83. The van der Waals surface area contributed by atoms with E-state index in [2.05, 4.69) is 9.78 Å². The highest BCUT2D eigenvalue weighted by Crippen LogP contribution is 2.31. The van der Waals surface area contributed by atoms with E-state index in [4.69, 9.17) is 9.47 Å². The van der Waals surface area contributed by atoms with Gasteiger partial charge in [0.05, 0.1) is 12.8 Å². The molecule has 0 aliphatic heterocycles. The second-order valence-corrected chi connectivity index (χ2v) is 10.6. The number of unbranched alkanes of at least 4 members (excludes halogenated alkanes) is 4. The summed E-state index contributed by atoms with van der Waals surface area (Å²) in [6, 6.07) is 0. The fraction of sp³-hybridized carbons (Fsp3) is 0.857. The van der Waals surface area contributed by atoms with Crippen molar-refractivity contribution in [3.63, 3.8) is 0 Å². The Labute approximate surface area is 216 Å². The van der Waals surface area contributed by atoms with Gasteiger partial charge in [-0.25, -0.2) is 19.4 Å². The molecule has 0 radical (unpaired) electrons. The van der Waals surface area contributed by atoms with Crippen LogP contribution >= 0.6 is 0 Å². The highest BCUT2D eigenvalue weighted by molar-refractivity contribution is 5.72. The quantitative estimate of drug-likeness (QED) is 0.119. The van der Waals surface area contributed by atoms with E-state index in [0.717, 1.165) is 103 Å². The highest BCUT2D eigenvalue weighted by atomic mass is 17.2.